The van der Waals surface area contributed by atoms with Crippen molar-refractivity contribution in [1.29, 1.82) is 0 Å². The summed E-state index contributed by atoms with van der Waals surface area (Å²) < 4.78 is 0. The van der Waals surface area contributed by atoms with Crippen LogP contribution in [0.5, 0.6) is 0 Å². The predicted octanol–water partition coefficient (Wildman–Crippen LogP) is 4.30. The van der Waals surface area contributed by atoms with Gasteiger partial charge in [-0.2, -0.15) is 0 Å². The SMILES string of the molecule is Cc1ccc(NC(=O)Nc2c(C)nc(N3CCCC3)nc2C)c(Cl)c1. The molecule has 0 atom stereocenters. The van der Waals surface area contributed by atoms with Gasteiger partial charge in [-0.3, -0.25) is 0 Å². The smallest absolute Gasteiger partial charge is 0.323 e. The number of aryl methyl sites for hydroxylation is 3. The summed E-state index contributed by atoms with van der Waals surface area (Å²) in [5.41, 5.74) is 3.73. The number of benzene rings is 1. The van der Waals surface area contributed by atoms with E-state index in [1.807, 2.05) is 32.9 Å². The van der Waals surface area contributed by atoms with Crippen LogP contribution in [-0.2, 0) is 0 Å². The third-order valence-corrected chi connectivity index (χ3v) is 4.57. The summed E-state index contributed by atoms with van der Waals surface area (Å²) in [5.74, 6) is 0.736. The van der Waals surface area contributed by atoms with Crippen LogP contribution >= 0.6 is 11.6 Å². The number of hydrogen-bond donors (Lipinski definition) is 2. The number of rotatable bonds is 3. The van der Waals surface area contributed by atoms with Crippen molar-refractivity contribution in [3.63, 3.8) is 0 Å². The molecule has 0 spiro atoms. The van der Waals surface area contributed by atoms with Gasteiger partial charge in [0.1, 0.15) is 0 Å². The molecule has 6 nitrogen and oxygen atoms in total. The molecule has 0 bridgehead atoms. The Kier molecular flexibility index (Phi) is 5.08. The standard InChI is InChI=1S/C18H22ClN5O/c1-11-6-7-15(14(19)10-11)22-18(25)23-16-12(2)20-17(21-13(16)3)24-8-4-5-9-24/h6-7,10H,4-5,8-9H2,1-3H3,(H2,22,23,25). The fourth-order valence-corrected chi connectivity index (χ4v) is 3.21. The van der Waals surface area contributed by atoms with E-state index >= 15 is 0 Å². The van der Waals surface area contributed by atoms with Crippen molar-refractivity contribution < 1.29 is 4.79 Å². The van der Waals surface area contributed by atoms with Crippen molar-refractivity contribution in [1.82, 2.24) is 9.97 Å². The van der Waals surface area contributed by atoms with Crippen molar-refractivity contribution in [3.8, 4) is 0 Å². The summed E-state index contributed by atoms with van der Waals surface area (Å²) in [6, 6.07) is 5.12. The minimum Gasteiger partial charge on any atom is -0.341 e. The maximum absolute atomic E-state index is 12.3. The third kappa shape index (κ3) is 4.02. The fraction of sp³-hybridized carbons (Fsp3) is 0.389. The molecule has 0 radical (unpaired) electrons. The average Bonchev–Trinajstić information content (AvgIpc) is 3.08. The van der Waals surface area contributed by atoms with E-state index in [2.05, 4.69) is 25.5 Å². The number of aromatic nitrogens is 2. The van der Waals surface area contributed by atoms with Gasteiger partial charge in [0.15, 0.2) is 0 Å². The zero-order valence-electron chi connectivity index (χ0n) is 14.7. The number of urea groups is 1. The highest BCUT2D eigenvalue weighted by Crippen LogP contribution is 2.25. The van der Waals surface area contributed by atoms with Crippen LogP contribution in [0.1, 0.15) is 29.8 Å². The van der Waals surface area contributed by atoms with Crippen molar-refractivity contribution >= 4 is 35.0 Å². The fourth-order valence-electron chi connectivity index (χ4n) is 2.93. The molecule has 1 fully saturated rings. The Morgan fingerprint density at radius 1 is 1.08 bits per heavy atom. The van der Waals surface area contributed by atoms with Gasteiger partial charge in [0.25, 0.3) is 0 Å². The largest absolute Gasteiger partial charge is 0.341 e. The maximum Gasteiger partial charge on any atom is 0.323 e. The molecule has 0 aliphatic carbocycles. The van der Waals surface area contributed by atoms with Crippen LogP contribution in [-0.4, -0.2) is 29.1 Å². The Labute approximate surface area is 152 Å². The highest BCUT2D eigenvalue weighted by Gasteiger charge is 2.18. The van der Waals surface area contributed by atoms with Crippen LogP contribution in [0.25, 0.3) is 0 Å². The van der Waals surface area contributed by atoms with E-state index < -0.39 is 0 Å². The molecule has 1 aliphatic rings. The summed E-state index contributed by atoms with van der Waals surface area (Å²) in [6.45, 7) is 7.67. The van der Waals surface area contributed by atoms with E-state index in [0.29, 0.717) is 16.4 Å². The second kappa shape index (κ2) is 7.27. The van der Waals surface area contributed by atoms with Gasteiger partial charge in [-0.1, -0.05) is 17.7 Å². The first-order chi connectivity index (χ1) is 11.9. The Morgan fingerprint density at radius 3 is 2.32 bits per heavy atom. The zero-order chi connectivity index (χ0) is 18.0. The summed E-state index contributed by atoms with van der Waals surface area (Å²) in [7, 11) is 0. The van der Waals surface area contributed by atoms with Crippen LogP contribution in [0, 0.1) is 20.8 Å². The summed E-state index contributed by atoms with van der Waals surface area (Å²) >= 11 is 6.16. The van der Waals surface area contributed by atoms with E-state index in [0.717, 1.165) is 36.0 Å². The Bertz CT molecular complexity index is 779. The number of nitrogens with one attached hydrogen (secondary N) is 2. The molecule has 2 amide bonds. The number of amides is 2. The summed E-state index contributed by atoms with van der Waals surface area (Å²) in [5, 5.41) is 6.10. The third-order valence-electron chi connectivity index (χ3n) is 4.26. The quantitative estimate of drug-likeness (QED) is 0.857. The van der Waals surface area contributed by atoms with Crippen molar-refractivity contribution in [2.24, 2.45) is 0 Å². The molecule has 2 heterocycles. The lowest BCUT2D eigenvalue weighted by molar-refractivity contribution is 0.262. The monoisotopic (exact) mass is 359 g/mol. The number of hydrogen-bond acceptors (Lipinski definition) is 4. The summed E-state index contributed by atoms with van der Waals surface area (Å²) in [6.07, 6.45) is 2.34. The van der Waals surface area contributed by atoms with Gasteiger partial charge in [-0.15, -0.1) is 0 Å². The topological polar surface area (TPSA) is 70.2 Å². The first-order valence-corrected chi connectivity index (χ1v) is 8.76. The van der Waals surface area contributed by atoms with Crippen LogP contribution in [0.15, 0.2) is 18.2 Å². The Morgan fingerprint density at radius 2 is 1.72 bits per heavy atom. The van der Waals surface area contributed by atoms with Crippen LogP contribution in [0.2, 0.25) is 5.02 Å². The van der Waals surface area contributed by atoms with E-state index in [9.17, 15) is 4.79 Å². The van der Waals surface area contributed by atoms with E-state index in [1.54, 1.807) is 6.07 Å². The molecule has 7 heteroatoms. The molecule has 1 saturated heterocycles. The normalized spacial score (nSPS) is 13.8. The van der Waals surface area contributed by atoms with Crippen molar-refractivity contribution in [2.45, 2.75) is 33.6 Å². The molecule has 1 aliphatic heterocycles. The molecule has 0 saturated carbocycles. The highest BCUT2D eigenvalue weighted by molar-refractivity contribution is 6.33. The molecule has 2 N–H and O–H groups in total. The van der Waals surface area contributed by atoms with Gasteiger partial charge < -0.3 is 15.5 Å². The molecule has 3 rings (SSSR count). The second-order valence-electron chi connectivity index (χ2n) is 6.33. The number of carbonyl (C=O) groups excluding carboxylic acids is 1. The van der Waals surface area contributed by atoms with Crippen molar-refractivity contribution in [2.75, 3.05) is 28.6 Å². The minimum atomic E-state index is -0.366. The number of nitrogens with zero attached hydrogens (tertiary/aromatic N) is 3. The Hall–Kier alpha value is -2.34. The maximum atomic E-state index is 12.3. The molecular weight excluding hydrogens is 338 g/mol. The number of anilines is 3. The van der Waals surface area contributed by atoms with E-state index in [4.69, 9.17) is 11.6 Å². The van der Waals surface area contributed by atoms with Crippen LogP contribution in [0.3, 0.4) is 0 Å². The molecule has 25 heavy (non-hydrogen) atoms. The lowest BCUT2D eigenvalue weighted by atomic mass is 10.2. The molecule has 1 aromatic carbocycles. The molecule has 132 valence electrons. The summed E-state index contributed by atoms with van der Waals surface area (Å²) in [4.78, 5) is 23.6. The highest BCUT2D eigenvalue weighted by atomic mass is 35.5. The molecule has 1 aromatic heterocycles. The van der Waals surface area contributed by atoms with Gasteiger partial charge in [0.05, 0.1) is 27.8 Å². The van der Waals surface area contributed by atoms with Gasteiger partial charge >= 0.3 is 6.03 Å². The first-order valence-electron chi connectivity index (χ1n) is 8.38. The Balaban J connectivity index is 1.74. The van der Waals surface area contributed by atoms with Gasteiger partial charge in [0, 0.05) is 13.1 Å². The molecule has 2 aromatic rings. The molecule has 0 unspecified atom stereocenters. The first kappa shape index (κ1) is 17.5. The van der Waals surface area contributed by atoms with Gasteiger partial charge in [-0.25, -0.2) is 14.8 Å². The van der Waals surface area contributed by atoms with Crippen LogP contribution < -0.4 is 15.5 Å². The van der Waals surface area contributed by atoms with Crippen LogP contribution in [0.4, 0.5) is 22.1 Å². The van der Waals surface area contributed by atoms with E-state index in [1.165, 1.54) is 12.8 Å². The predicted molar refractivity (Wildman–Crippen MR) is 102 cm³/mol. The zero-order valence-corrected chi connectivity index (χ0v) is 15.4. The lowest BCUT2D eigenvalue weighted by Crippen LogP contribution is -2.24. The van der Waals surface area contributed by atoms with E-state index in [-0.39, 0.29) is 6.03 Å². The average molecular weight is 360 g/mol. The van der Waals surface area contributed by atoms with Gasteiger partial charge in [0.2, 0.25) is 5.95 Å². The lowest BCUT2D eigenvalue weighted by Gasteiger charge is -2.18. The minimum absolute atomic E-state index is 0.366. The number of carbonyl (C=O) groups is 1. The van der Waals surface area contributed by atoms with Crippen molar-refractivity contribution in [3.05, 3.63) is 40.2 Å². The van der Waals surface area contributed by atoms with Gasteiger partial charge in [-0.05, 0) is 51.3 Å². The second-order valence-corrected chi connectivity index (χ2v) is 6.73. The molecular formula is C18H22ClN5O. The number of halogens is 1.